The van der Waals surface area contributed by atoms with Gasteiger partial charge in [0.05, 0.1) is 29.7 Å². The maximum absolute atomic E-state index is 12.2. The van der Waals surface area contributed by atoms with Crippen LogP contribution in [0.3, 0.4) is 0 Å². The third-order valence-electron chi connectivity index (χ3n) is 8.90. The van der Waals surface area contributed by atoms with Crippen molar-refractivity contribution in [3.05, 3.63) is 88.0 Å². The molecule has 12 heteroatoms. The van der Waals surface area contributed by atoms with Crippen LogP contribution in [-0.4, -0.2) is 82.3 Å². The summed E-state index contributed by atoms with van der Waals surface area (Å²) in [5.74, 6) is -0.445. The number of hydrogen-bond donors (Lipinski definition) is 0. The molecule has 0 saturated heterocycles. The molecule has 55 heavy (non-hydrogen) atoms. The Morgan fingerprint density at radius 3 is 1.38 bits per heavy atom. The fourth-order valence-electron chi connectivity index (χ4n) is 6.25. The second kappa shape index (κ2) is 27.4. The van der Waals surface area contributed by atoms with E-state index in [9.17, 15) is 14.4 Å². The molecule has 0 fully saturated rings. The summed E-state index contributed by atoms with van der Waals surface area (Å²) in [5.41, 5.74) is 9.58. The fourth-order valence-corrected chi connectivity index (χ4v) is 6.67. The van der Waals surface area contributed by atoms with Crippen molar-refractivity contribution in [2.24, 2.45) is 0 Å². The molecule has 0 radical (unpaired) electrons. The molecule has 3 amide bonds. The highest BCUT2D eigenvalue weighted by Crippen LogP contribution is 2.30. The lowest BCUT2D eigenvalue weighted by Crippen LogP contribution is -2.43. The van der Waals surface area contributed by atoms with Crippen molar-refractivity contribution < 1.29 is 28.6 Å². The number of carbonyl (C=O) groups is 3. The third-order valence-corrected chi connectivity index (χ3v) is 9.58. The van der Waals surface area contributed by atoms with Gasteiger partial charge in [-0.15, -0.1) is 34.8 Å². The largest absolute Gasteiger partial charge is 0.383 e. The van der Waals surface area contributed by atoms with Gasteiger partial charge >= 0.3 is 0 Å². The summed E-state index contributed by atoms with van der Waals surface area (Å²) in [7, 11) is 3.22. The summed E-state index contributed by atoms with van der Waals surface area (Å²) in [6.07, 6.45) is 3.50. The van der Waals surface area contributed by atoms with Gasteiger partial charge in [0.15, 0.2) is 0 Å². The predicted molar refractivity (Wildman–Crippen MR) is 231 cm³/mol. The number of aryl methyl sites for hydroxylation is 6. The average molecular weight is 823 g/mol. The SMILES string of the molecule is CCOCN(C(=O)CCl)c1c(C)cccc1CC.CCc1cccc(C)c1N(C(=O)CCl)C(C)COC.CCc1cccc(CC)c1N(COC)C(=O)CCl. The van der Waals surface area contributed by atoms with Gasteiger partial charge in [-0.25, -0.2) is 0 Å². The van der Waals surface area contributed by atoms with E-state index in [2.05, 4.69) is 33.8 Å². The molecule has 0 spiro atoms. The molecule has 1 atom stereocenters. The molecule has 0 bridgehead atoms. The Kier molecular flexibility index (Phi) is 24.9. The number of nitrogens with zero attached hydrogens (tertiary/aromatic N) is 3. The first-order valence-electron chi connectivity index (χ1n) is 18.8. The summed E-state index contributed by atoms with van der Waals surface area (Å²) >= 11 is 17.1. The Labute approximate surface area is 345 Å². The van der Waals surface area contributed by atoms with Crippen molar-refractivity contribution in [1.29, 1.82) is 0 Å². The van der Waals surface area contributed by atoms with Crippen molar-refractivity contribution in [3.8, 4) is 0 Å². The van der Waals surface area contributed by atoms with Crippen molar-refractivity contribution in [3.63, 3.8) is 0 Å². The van der Waals surface area contributed by atoms with Crippen LogP contribution in [-0.2, 0) is 54.3 Å². The number of amides is 3. The third kappa shape index (κ3) is 14.7. The molecule has 3 aromatic carbocycles. The molecule has 0 saturated carbocycles. The van der Waals surface area contributed by atoms with Crippen LogP contribution < -0.4 is 14.7 Å². The van der Waals surface area contributed by atoms with Gasteiger partial charge in [0.2, 0.25) is 17.7 Å². The number of methoxy groups -OCH3 is 2. The van der Waals surface area contributed by atoms with E-state index in [1.165, 1.54) is 0 Å². The molecular weight excluding hydrogens is 761 g/mol. The fraction of sp³-hybridized carbons (Fsp3) is 0.512. The van der Waals surface area contributed by atoms with Gasteiger partial charge < -0.3 is 19.1 Å². The molecule has 306 valence electrons. The van der Waals surface area contributed by atoms with E-state index in [0.29, 0.717) is 13.2 Å². The van der Waals surface area contributed by atoms with E-state index in [1.807, 2.05) is 76.2 Å². The zero-order valence-electron chi connectivity index (χ0n) is 34.5. The van der Waals surface area contributed by atoms with Crippen molar-refractivity contribution in [2.75, 3.05) is 73.2 Å². The Morgan fingerprint density at radius 1 is 0.582 bits per heavy atom. The average Bonchev–Trinajstić information content (AvgIpc) is 3.20. The molecule has 0 aliphatic rings. The summed E-state index contributed by atoms with van der Waals surface area (Å²) in [6, 6.07) is 18.2. The first kappa shape index (κ1) is 49.8. The van der Waals surface area contributed by atoms with Gasteiger partial charge in [0.1, 0.15) is 31.1 Å². The van der Waals surface area contributed by atoms with Crippen molar-refractivity contribution in [2.45, 2.75) is 87.1 Å². The number of hydrogen-bond acceptors (Lipinski definition) is 6. The summed E-state index contributed by atoms with van der Waals surface area (Å²) < 4.78 is 15.7. The molecule has 1 unspecified atom stereocenters. The zero-order chi connectivity index (χ0) is 41.5. The van der Waals surface area contributed by atoms with Gasteiger partial charge in [-0.05, 0) is 86.8 Å². The van der Waals surface area contributed by atoms with Crippen molar-refractivity contribution >= 4 is 69.6 Å². The van der Waals surface area contributed by atoms with E-state index in [0.717, 1.165) is 76.1 Å². The number of benzene rings is 3. The highest BCUT2D eigenvalue weighted by Gasteiger charge is 2.25. The quantitative estimate of drug-likeness (QED) is 0.0940. The van der Waals surface area contributed by atoms with Gasteiger partial charge in [0, 0.05) is 20.8 Å². The molecule has 3 rings (SSSR count). The number of ether oxygens (including phenoxy) is 3. The minimum absolute atomic E-state index is 0.0223. The van der Waals surface area contributed by atoms with E-state index in [-0.39, 0.29) is 54.9 Å². The molecular formula is C43H62Cl3N3O6. The molecule has 0 aliphatic heterocycles. The van der Waals surface area contributed by atoms with E-state index < -0.39 is 0 Å². The highest BCUT2D eigenvalue weighted by atomic mass is 35.5. The van der Waals surface area contributed by atoms with Crippen molar-refractivity contribution in [1.82, 2.24) is 0 Å². The smallest absolute Gasteiger partial charge is 0.243 e. The Balaban J connectivity index is 0.000000413. The number of carbonyl (C=O) groups excluding carboxylic acids is 3. The maximum Gasteiger partial charge on any atom is 0.243 e. The first-order valence-corrected chi connectivity index (χ1v) is 20.4. The zero-order valence-corrected chi connectivity index (χ0v) is 36.7. The lowest BCUT2D eigenvalue weighted by atomic mass is 10.0. The standard InChI is InChI=1S/C15H22ClNO2.2C14H20ClNO2/c1-5-13-8-6-7-11(2)15(13)17(14(18)9-16)12(3)10-19-4;1-4-11-7-6-8-12(5-2)14(11)16(10-18-3)13(17)9-15;1-4-12-8-6-7-11(3)14(12)16(10-18-5-2)13(17)9-15/h6-8,12H,5,9-10H2,1-4H3;2*6-8H,4-5,9-10H2,1-3H3. The van der Waals surface area contributed by atoms with Crippen LogP contribution in [0, 0.1) is 13.8 Å². The number of rotatable bonds is 18. The number of halogens is 3. The molecule has 3 aromatic rings. The van der Waals surface area contributed by atoms with Crippen LogP contribution in [0.15, 0.2) is 54.6 Å². The Morgan fingerprint density at radius 2 is 0.982 bits per heavy atom. The number of para-hydroxylation sites is 3. The number of alkyl halides is 3. The summed E-state index contributed by atoms with van der Waals surface area (Å²) in [4.78, 5) is 41.1. The lowest BCUT2D eigenvalue weighted by Gasteiger charge is -2.31. The highest BCUT2D eigenvalue weighted by molar-refractivity contribution is 6.30. The number of anilines is 3. The summed E-state index contributed by atoms with van der Waals surface area (Å²) in [5, 5.41) is 0. The predicted octanol–water partition coefficient (Wildman–Crippen LogP) is 9.27. The van der Waals surface area contributed by atoms with Crippen LogP contribution in [0.2, 0.25) is 0 Å². The van der Waals surface area contributed by atoms with Gasteiger partial charge in [-0.2, -0.15) is 0 Å². The first-order chi connectivity index (χ1) is 26.4. The normalized spacial score (nSPS) is 11.1. The molecule has 0 aliphatic carbocycles. The van der Waals surface area contributed by atoms with Gasteiger partial charge in [-0.1, -0.05) is 82.3 Å². The minimum atomic E-state index is -0.130. The van der Waals surface area contributed by atoms with Crippen LogP contribution in [0.25, 0.3) is 0 Å². The molecule has 0 N–H and O–H groups in total. The van der Waals surface area contributed by atoms with Gasteiger partial charge in [0.25, 0.3) is 0 Å². The Hall–Kier alpha value is -3.18. The topological polar surface area (TPSA) is 88.6 Å². The Bertz CT molecular complexity index is 1600. The maximum atomic E-state index is 12.2. The second-order valence-corrected chi connectivity index (χ2v) is 13.5. The van der Waals surface area contributed by atoms with E-state index in [1.54, 1.807) is 28.9 Å². The van der Waals surface area contributed by atoms with Crippen LogP contribution in [0.4, 0.5) is 17.1 Å². The van der Waals surface area contributed by atoms with Crippen LogP contribution in [0.5, 0.6) is 0 Å². The minimum Gasteiger partial charge on any atom is -0.383 e. The molecule has 9 nitrogen and oxygen atoms in total. The van der Waals surface area contributed by atoms with E-state index >= 15 is 0 Å². The van der Waals surface area contributed by atoms with Crippen LogP contribution in [0.1, 0.15) is 74.9 Å². The lowest BCUT2D eigenvalue weighted by molar-refractivity contribution is -0.118. The van der Waals surface area contributed by atoms with Gasteiger partial charge in [-0.3, -0.25) is 24.2 Å². The monoisotopic (exact) mass is 821 g/mol. The summed E-state index contributed by atoms with van der Waals surface area (Å²) in [6.45, 7) is 17.7. The van der Waals surface area contributed by atoms with E-state index in [4.69, 9.17) is 49.0 Å². The van der Waals surface area contributed by atoms with Crippen LogP contribution >= 0.6 is 34.8 Å². The second-order valence-electron chi connectivity index (χ2n) is 12.7. The molecule has 0 heterocycles. The molecule has 0 aromatic heterocycles.